The van der Waals surface area contributed by atoms with Crippen molar-refractivity contribution in [2.45, 2.75) is 13.8 Å². The number of rotatable bonds is 1. The Morgan fingerprint density at radius 2 is 1.74 bits per heavy atom. The molecule has 1 aliphatic rings. The van der Waals surface area contributed by atoms with Crippen molar-refractivity contribution in [2.24, 2.45) is 5.41 Å². The van der Waals surface area contributed by atoms with Gasteiger partial charge in [0.2, 0.25) is 0 Å². The first-order valence-electron chi connectivity index (χ1n) is 6.47. The van der Waals surface area contributed by atoms with Crippen LogP contribution in [-0.2, 0) is 9.31 Å². The molecule has 4 heteroatoms. The van der Waals surface area contributed by atoms with Crippen LogP contribution < -0.4 is 5.46 Å². The van der Waals surface area contributed by atoms with Crippen molar-refractivity contribution in [2.75, 3.05) is 13.2 Å². The minimum absolute atomic E-state index is 0.0101. The third-order valence-corrected chi connectivity index (χ3v) is 3.40. The molecule has 1 fully saturated rings. The quantitative estimate of drug-likeness (QED) is 0.732. The molecule has 1 aliphatic heterocycles. The van der Waals surface area contributed by atoms with Crippen LogP contribution >= 0.6 is 0 Å². The average molecular weight is 258 g/mol. The predicted molar refractivity (Wildman–Crippen MR) is 75.0 cm³/mol. The van der Waals surface area contributed by atoms with Crippen LogP contribution in [0.15, 0.2) is 36.4 Å². The molecular weight excluding hydrogens is 242 g/mol. The SMILES string of the molecule is CC1(C)COB(c2ccc3ccccc3c2F)OC1. The molecule has 98 valence electrons. The highest BCUT2D eigenvalue weighted by molar-refractivity contribution is 6.61. The molecule has 2 aromatic carbocycles. The van der Waals surface area contributed by atoms with Crippen LogP contribution in [0.2, 0.25) is 0 Å². The number of fused-ring (bicyclic) bond motifs is 1. The van der Waals surface area contributed by atoms with Crippen LogP contribution in [0.4, 0.5) is 4.39 Å². The normalized spacial score (nSPS) is 18.8. The fraction of sp³-hybridized carbons (Fsp3) is 0.333. The van der Waals surface area contributed by atoms with Crippen molar-refractivity contribution in [3.8, 4) is 0 Å². The fourth-order valence-corrected chi connectivity index (χ4v) is 2.30. The van der Waals surface area contributed by atoms with Gasteiger partial charge in [0.05, 0.1) is 0 Å². The molecule has 0 aliphatic carbocycles. The van der Waals surface area contributed by atoms with Crippen molar-refractivity contribution >= 4 is 23.4 Å². The molecule has 3 rings (SSSR count). The zero-order valence-corrected chi connectivity index (χ0v) is 11.2. The van der Waals surface area contributed by atoms with Gasteiger partial charge in [-0.25, -0.2) is 4.39 Å². The van der Waals surface area contributed by atoms with Gasteiger partial charge in [0.1, 0.15) is 5.82 Å². The van der Waals surface area contributed by atoms with E-state index in [4.69, 9.17) is 9.31 Å². The minimum Gasteiger partial charge on any atom is -0.407 e. The summed E-state index contributed by atoms with van der Waals surface area (Å²) in [5, 5.41) is 1.50. The van der Waals surface area contributed by atoms with Crippen molar-refractivity contribution in [1.82, 2.24) is 0 Å². The van der Waals surface area contributed by atoms with Crippen molar-refractivity contribution < 1.29 is 13.7 Å². The van der Waals surface area contributed by atoms with Crippen molar-refractivity contribution in [1.29, 1.82) is 0 Å². The molecule has 0 atom stereocenters. The molecule has 1 saturated heterocycles. The second-order valence-corrected chi connectivity index (χ2v) is 5.81. The number of benzene rings is 2. The smallest absolute Gasteiger partial charge is 0.407 e. The largest absolute Gasteiger partial charge is 0.496 e. The lowest BCUT2D eigenvalue weighted by molar-refractivity contribution is 0.0340. The molecule has 1 heterocycles. The molecule has 0 N–H and O–H groups in total. The van der Waals surface area contributed by atoms with Gasteiger partial charge in [0.15, 0.2) is 0 Å². The zero-order chi connectivity index (χ0) is 13.5. The summed E-state index contributed by atoms with van der Waals surface area (Å²) in [6, 6.07) is 11.1. The Kier molecular flexibility index (Phi) is 3.07. The summed E-state index contributed by atoms with van der Waals surface area (Å²) in [5.41, 5.74) is 0.471. The predicted octanol–water partition coefficient (Wildman–Crippen LogP) is 2.75. The van der Waals surface area contributed by atoms with E-state index in [0.717, 1.165) is 5.39 Å². The minimum atomic E-state index is -0.599. The second kappa shape index (κ2) is 4.62. The van der Waals surface area contributed by atoms with Crippen LogP contribution in [0.3, 0.4) is 0 Å². The summed E-state index contributed by atoms with van der Waals surface area (Å²) < 4.78 is 25.8. The second-order valence-electron chi connectivity index (χ2n) is 5.81. The van der Waals surface area contributed by atoms with Crippen LogP contribution in [0, 0.1) is 11.2 Å². The van der Waals surface area contributed by atoms with Crippen LogP contribution in [-0.4, -0.2) is 20.3 Å². The van der Waals surface area contributed by atoms with Gasteiger partial charge in [-0.1, -0.05) is 50.2 Å². The monoisotopic (exact) mass is 258 g/mol. The molecule has 0 radical (unpaired) electrons. The van der Waals surface area contributed by atoms with Gasteiger partial charge in [-0.15, -0.1) is 0 Å². The van der Waals surface area contributed by atoms with Gasteiger partial charge in [0, 0.05) is 29.5 Å². The third kappa shape index (κ3) is 2.38. The first kappa shape index (κ1) is 12.6. The lowest BCUT2D eigenvalue weighted by atomic mass is 9.75. The average Bonchev–Trinajstić information content (AvgIpc) is 2.40. The lowest BCUT2D eigenvalue weighted by Gasteiger charge is -2.33. The maximum absolute atomic E-state index is 14.5. The van der Waals surface area contributed by atoms with Gasteiger partial charge >= 0.3 is 7.12 Å². The van der Waals surface area contributed by atoms with Crippen LogP contribution in [0.1, 0.15) is 13.8 Å². The van der Waals surface area contributed by atoms with Gasteiger partial charge in [-0.2, -0.15) is 0 Å². The first-order valence-corrected chi connectivity index (χ1v) is 6.47. The van der Waals surface area contributed by atoms with E-state index >= 15 is 0 Å². The summed E-state index contributed by atoms with van der Waals surface area (Å²) in [7, 11) is -0.599. The van der Waals surface area contributed by atoms with E-state index in [9.17, 15) is 4.39 Å². The molecule has 2 aromatic rings. The van der Waals surface area contributed by atoms with E-state index in [1.165, 1.54) is 0 Å². The number of hydrogen-bond donors (Lipinski definition) is 0. The Morgan fingerprint density at radius 3 is 2.47 bits per heavy atom. The van der Waals surface area contributed by atoms with Gasteiger partial charge < -0.3 is 9.31 Å². The standard InChI is InChI=1S/C15H16BFO2/c1-15(2)9-18-16(19-10-15)13-8-7-11-5-3-4-6-12(11)14(13)17/h3-8H,9-10H2,1-2H3. The van der Waals surface area contributed by atoms with Crippen molar-refractivity contribution in [3.63, 3.8) is 0 Å². The Morgan fingerprint density at radius 1 is 1.05 bits per heavy atom. The molecule has 19 heavy (non-hydrogen) atoms. The summed E-state index contributed by atoms with van der Waals surface area (Å²) in [5.74, 6) is -0.247. The fourth-order valence-electron chi connectivity index (χ4n) is 2.30. The summed E-state index contributed by atoms with van der Waals surface area (Å²) in [6.07, 6.45) is 0. The van der Waals surface area contributed by atoms with E-state index < -0.39 is 7.12 Å². The topological polar surface area (TPSA) is 18.5 Å². The van der Waals surface area contributed by atoms with Gasteiger partial charge in [-0.3, -0.25) is 0 Å². The van der Waals surface area contributed by atoms with Crippen LogP contribution in [0.5, 0.6) is 0 Å². The highest BCUT2D eigenvalue weighted by Crippen LogP contribution is 2.23. The molecule has 0 saturated carbocycles. The molecule has 0 aromatic heterocycles. The van der Waals surface area contributed by atoms with E-state index in [1.807, 2.05) is 24.3 Å². The van der Waals surface area contributed by atoms with E-state index in [-0.39, 0.29) is 11.2 Å². The number of halogens is 1. The first-order chi connectivity index (χ1) is 9.07. The van der Waals surface area contributed by atoms with Crippen molar-refractivity contribution in [3.05, 3.63) is 42.2 Å². The summed E-state index contributed by atoms with van der Waals surface area (Å²) >= 11 is 0. The molecule has 0 spiro atoms. The van der Waals surface area contributed by atoms with E-state index in [0.29, 0.717) is 24.1 Å². The number of hydrogen-bond acceptors (Lipinski definition) is 2. The third-order valence-electron chi connectivity index (χ3n) is 3.40. The molecule has 2 nitrogen and oxygen atoms in total. The maximum Gasteiger partial charge on any atom is 0.496 e. The highest BCUT2D eigenvalue weighted by Gasteiger charge is 2.35. The highest BCUT2D eigenvalue weighted by atomic mass is 19.1. The maximum atomic E-state index is 14.5. The lowest BCUT2D eigenvalue weighted by Crippen LogP contribution is -2.48. The molecule has 0 unspecified atom stereocenters. The zero-order valence-electron chi connectivity index (χ0n) is 11.2. The summed E-state index contributed by atoms with van der Waals surface area (Å²) in [4.78, 5) is 0. The molecular formula is C15H16BFO2. The Bertz CT molecular complexity index is 602. The van der Waals surface area contributed by atoms with E-state index in [1.54, 1.807) is 12.1 Å². The van der Waals surface area contributed by atoms with Crippen LogP contribution in [0.25, 0.3) is 10.8 Å². The Hall–Kier alpha value is -1.39. The Balaban J connectivity index is 1.96. The summed E-state index contributed by atoms with van der Waals surface area (Å²) in [6.45, 7) is 5.29. The van der Waals surface area contributed by atoms with Gasteiger partial charge in [-0.05, 0) is 5.39 Å². The Labute approximate surface area is 112 Å². The molecule has 0 amide bonds. The van der Waals surface area contributed by atoms with E-state index in [2.05, 4.69) is 13.8 Å². The van der Waals surface area contributed by atoms with Gasteiger partial charge in [0.25, 0.3) is 0 Å². The molecule has 0 bridgehead atoms.